The summed E-state index contributed by atoms with van der Waals surface area (Å²) < 4.78 is 4.69. The van der Waals surface area contributed by atoms with Gasteiger partial charge in [0.05, 0.1) is 24.9 Å². The SMILES string of the molecule is COC(=O)c1ccccc1NC(=O)CN(CCC(C)C)C(C)=O. The molecule has 0 heterocycles. The third kappa shape index (κ3) is 6.10. The van der Waals surface area contributed by atoms with Crippen LogP contribution < -0.4 is 5.32 Å². The number of carbonyl (C=O) groups is 3. The number of amides is 2. The maximum Gasteiger partial charge on any atom is 0.339 e. The van der Waals surface area contributed by atoms with Gasteiger partial charge in [-0.05, 0) is 24.5 Å². The quantitative estimate of drug-likeness (QED) is 0.782. The second kappa shape index (κ2) is 8.92. The minimum atomic E-state index is -0.524. The smallest absolute Gasteiger partial charge is 0.339 e. The summed E-state index contributed by atoms with van der Waals surface area (Å²) in [6.45, 7) is 6.04. The van der Waals surface area contributed by atoms with Crippen molar-refractivity contribution >= 4 is 23.5 Å². The summed E-state index contributed by atoms with van der Waals surface area (Å²) in [6, 6.07) is 6.59. The van der Waals surface area contributed by atoms with Gasteiger partial charge in [-0.3, -0.25) is 9.59 Å². The van der Waals surface area contributed by atoms with Crippen LogP contribution in [0.5, 0.6) is 0 Å². The molecule has 126 valence electrons. The highest BCUT2D eigenvalue weighted by Gasteiger charge is 2.17. The average molecular weight is 320 g/mol. The summed E-state index contributed by atoms with van der Waals surface area (Å²) >= 11 is 0. The summed E-state index contributed by atoms with van der Waals surface area (Å²) in [5.41, 5.74) is 0.650. The van der Waals surface area contributed by atoms with Crippen LogP contribution in [0.4, 0.5) is 5.69 Å². The minimum absolute atomic E-state index is 0.0441. The Morgan fingerprint density at radius 3 is 2.43 bits per heavy atom. The molecule has 23 heavy (non-hydrogen) atoms. The molecule has 6 nitrogen and oxygen atoms in total. The molecule has 0 unspecified atom stereocenters. The fraction of sp³-hybridized carbons (Fsp3) is 0.471. The van der Waals surface area contributed by atoms with Crippen molar-refractivity contribution in [2.75, 3.05) is 25.5 Å². The number of anilines is 1. The van der Waals surface area contributed by atoms with Crippen molar-refractivity contribution in [3.05, 3.63) is 29.8 Å². The molecule has 2 amide bonds. The van der Waals surface area contributed by atoms with Gasteiger partial charge in [0.1, 0.15) is 0 Å². The molecule has 0 aromatic heterocycles. The molecule has 0 atom stereocenters. The Balaban J connectivity index is 2.75. The van der Waals surface area contributed by atoms with Gasteiger partial charge in [0.25, 0.3) is 0 Å². The van der Waals surface area contributed by atoms with Crippen LogP contribution in [0.3, 0.4) is 0 Å². The number of ether oxygens (including phenoxy) is 1. The highest BCUT2D eigenvalue weighted by Crippen LogP contribution is 2.16. The third-order valence-electron chi connectivity index (χ3n) is 3.36. The summed E-state index contributed by atoms with van der Waals surface area (Å²) in [7, 11) is 1.28. The highest BCUT2D eigenvalue weighted by atomic mass is 16.5. The normalized spacial score (nSPS) is 10.3. The molecule has 0 spiro atoms. The molecule has 1 aromatic rings. The van der Waals surface area contributed by atoms with E-state index in [1.807, 2.05) is 0 Å². The maximum atomic E-state index is 12.2. The zero-order valence-electron chi connectivity index (χ0n) is 14.1. The molecule has 0 aliphatic heterocycles. The predicted molar refractivity (Wildman–Crippen MR) is 88.1 cm³/mol. The van der Waals surface area contributed by atoms with Gasteiger partial charge in [-0.1, -0.05) is 26.0 Å². The van der Waals surface area contributed by atoms with Crippen LogP contribution in [0.15, 0.2) is 24.3 Å². The van der Waals surface area contributed by atoms with Crippen LogP contribution in [0, 0.1) is 5.92 Å². The molecule has 0 fully saturated rings. The fourth-order valence-corrected chi connectivity index (χ4v) is 2.01. The van der Waals surface area contributed by atoms with Crippen LogP contribution in [0.1, 0.15) is 37.6 Å². The average Bonchev–Trinajstić information content (AvgIpc) is 2.50. The number of benzene rings is 1. The summed E-state index contributed by atoms with van der Waals surface area (Å²) in [6.07, 6.45) is 0.825. The van der Waals surface area contributed by atoms with E-state index in [2.05, 4.69) is 23.9 Å². The number of nitrogens with zero attached hydrogens (tertiary/aromatic N) is 1. The van der Waals surface area contributed by atoms with E-state index in [4.69, 9.17) is 0 Å². The van der Waals surface area contributed by atoms with E-state index in [1.54, 1.807) is 24.3 Å². The van der Waals surface area contributed by atoms with E-state index in [0.717, 1.165) is 6.42 Å². The lowest BCUT2D eigenvalue weighted by Gasteiger charge is -2.21. The van der Waals surface area contributed by atoms with E-state index >= 15 is 0 Å². The Hall–Kier alpha value is -2.37. The molecule has 0 radical (unpaired) electrons. The van der Waals surface area contributed by atoms with E-state index < -0.39 is 5.97 Å². The second-order valence-corrected chi connectivity index (χ2v) is 5.71. The number of hydrogen-bond donors (Lipinski definition) is 1. The van der Waals surface area contributed by atoms with E-state index in [1.165, 1.54) is 18.9 Å². The molecule has 1 aromatic carbocycles. The third-order valence-corrected chi connectivity index (χ3v) is 3.36. The molecule has 6 heteroatoms. The molecular formula is C17H24N2O4. The van der Waals surface area contributed by atoms with Gasteiger partial charge in [-0.25, -0.2) is 4.79 Å². The van der Waals surface area contributed by atoms with E-state index in [9.17, 15) is 14.4 Å². The first kappa shape index (κ1) is 18.7. The largest absolute Gasteiger partial charge is 0.465 e. The zero-order valence-corrected chi connectivity index (χ0v) is 14.1. The van der Waals surface area contributed by atoms with Crippen molar-refractivity contribution in [3.8, 4) is 0 Å². The van der Waals surface area contributed by atoms with Gasteiger partial charge in [0.15, 0.2) is 0 Å². The molecule has 0 aliphatic rings. The molecule has 0 saturated heterocycles. The Morgan fingerprint density at radius 1 is 1.22 bits per heavy atom. The van der Waals surface area contributed by atoms with E-state index in [0.29, 0.717) is 18.2 Å². The number of esters is 1. The Labute approximate surface area is 136 Å². The molecule has 0 bridgehead atoms. The fourth-order valence-electron chi connectivity index (χ4n) is 2.01. The Bertz CT molecular complexity index is 569. The van der Waals surface area contributed by atoms with Gasteiger partial charge in [-0.15, -0.1) is 0 Å². The monoisotopic (exact) mass is 320 g/mol. The van der Waals surface area contributed by atoms with Crippen molar-refractivity contribution in [2.45, 2.75) is 27.2 Å². The zero-order chi connectivity index (χ0) is 17.4. The van der Waals surface area contributed by atoms with Crippen molar-refractivity contribution in [3.63, 3.8) is 0 Å². The number of para-hydroxylation sites is 1. The highest BCUT2D eigenvalue weighted by molar-refractivity contribution is 6.02. The lowest BCUT2D eigenvalue weighted by atomic mass is 10.1. The molecule has 1 rings (SSSR count). The number of carbonyl (C=O) groups excluding carboxylic acids is 3. The lowest BCUT2D eigenvalue weighted by Crippen LogP contribution is -2.37. The molecule has 0 saturated carbocycles. The molecule has 0 aliphatic carbocycles. The van der Waals surface area contributed by atoms with Crippen LogP contribution in [0.25, 0.3) is 0 Å². The van der Waals surface area contributed by atoms with Crippen molar-refractivity contribution in [2.24, 2.45) is 5.92 Å². The number of nitrogens with one attached hydrogen (secondary N) is 1. The standard InChI is InChI=1S/C17H24N2O4/c1-12(2)9-10-19(13(3)20)11-16(21)18-15-8-6-5-7-14(15)17(22)23-4/h5-8,12H,9-11H2,1-4H3,(H,18,21). The summed E-state index contributed by atoms with van der Waals surface area (Å²) in [4.78, 5) is 37.0. The van der Waals surface area contributed by atoms with Gasteiger partial charge >= 0.3 is 5.97 Å². The van der Waals surface area contributed by atoms with E-state index in [-0.39, 0.29) is 23.9 Å². The lowest BCUT2D eigenvalue weighted by molar-refractivity contribution is -0.132. The predicted octanol–water partition coefficient (Wildman–Crippen LogP) is 2.31. The van der Waals surface area contributed by atoms with Gasteiger partial charge in [-0.2, -0.15) is 0 Å². The molecule has 1 N–H and O–H groups in total. The Kier molecular flexibility index (Phi) is 7.25. The van der Waals surface area contributed by atoms with Gasteiger partial charge < -0.3 is 15.0 Å². The van der Waals surface area contributed by atoms with Gasteiger partial charge in [0.2, 0.25) is 11.8 Å². The first-order chi connectivity index (χ1) is 10.8. The Morgan fingerprint density at radius 2 is 1.87 bits per heavy atom. The maximum absolute atomic E-state index is 12.2. The number of methoxy groups -OCH3 is 1. The van der Waals surface area contributed by atoms with Crippen LogP contribution in [-0.2, 0) is 14.3 Å². The first-order valence-electron chi connectivity index (χ1n) is 7.57. The topological polar surface area (TPSA) is 75.7 Å². The molecular weight excluding hydrogens is 296 g/mol. The number of hydrogen-bond acceptors (Lipinski definition) is 4. The minimum Gasteiger partial charge on any atom is -0.465 e. The summed E-state index contributed by atoms with van der Waals surface area (Å²) in [5, 5.41) is 2.67. The first-order valence-corrected chi connectivity index (χ1v) is 7.57. The summed E-state index contributed by atoms with van der Waals surface area (Å²) in [5.74, 6) is -0.577. The van der Waals surface area contributed by atoms with Crippen molar-refractivity contribution in [1.29, 1.82) is 0 Å². The van der Waals surface area contributed by atoms with Crippen molar-refractivity contribution < 1.29 is 19.1 Å². The van der Waals surface area contributed by atoms with Crippen LogP contribution in [0.2, 0.25) is 0 Å². The second-order valence-electron chi connectivity index (χ2n) is 5.71. The van der Waals surface area contributed by atoms with Crippen LogP contribution in [-0.4, -0.2) is 42.9 Å². The van der Waals surface area contributed by atoms with Crippen molar-refractivity contribution in [1.82, 2.24) is 4.90 Å². The van der Waals surface area contributed by atoms with Crippen LogP contribution >= 0.6 is 0 Å². The number of rotatable bonds is 7. The van der Waals surface area contributed by atoms with Gasteiger partial charge in [0, 0.05) is 13.5 Å².